The molecule has 0 amide bonds. The van der Waals surface area contributed by atoms with Gasteiger partial charge in [0, 0.05) is 5.73 Å². The Bertz CT molecular complexity index is 132. The predicted molar refractivity (Wildman–Crippen MR) is 57.1 cm³/mol. The summed E-state index contributed by atoms with van der Waals surface area (Å²) in [6.45, 7) is 15.0. The van der Waals surface area contributed by atoms with Crippen LogP contribution < -0.4 is 0 Å². The summed E-state index contributed by atoms with van der Waals surface area (Å²) in [6, 6.07) is 0. The lowest BCUT2D eigenvalue weighted by Crippen LogP contribution is -2.37. The summed E-state index contributed by atoms with van der Waals surface area (Å²) in [7, 11) is -2.12. The first-order chi connectivity index (χ1) is 4.89. The molecule has 0 aromatic rings. The molecule has 0 rings (SSSR count). The fourth-order valence-corrected chi connectivity index (χ4v) is 3.86. The molecule has 0 saturated heterocycles. The zero-order valence-electron chi connectivity index (χ0n) is 8.35. The van der Waals surface area contributed by atoms with Gasteiger partial charge in [0.05, 0.1) is 8.80 Å². The Morgan fingerprint density at radius 2 is 1.91 bits per heavy atom. The Morgan fingerprint density at radius 1 is 1.45 bits per heavy atom. The summed E-state index contributed by atoms with van der Waals surface area (Å²) in [5.74, 6) is 0. The average Bonchev–Trinajstić information content (AvgIpc) is 1.87. The molecule has 3 heteroatoms. The van der Waals surface area contributed by atoms with Crippen LogP contribution in [0.1, 0.15) is 6.92 Å². The van der Waals surface area contributed by atoms with Gasteiger partial charge in [0.1, 0.15) is 0 Å². The Kier molecular flexibility index (Phi) is 4.28. The quantitative estimate of drug-likeness (QED) is 0.615. The average molecular weight is 188 g/mol. The van der Waals surface area contributed by atoms with Gasteiger partial charge in [-0.05, 0) is 20.0 Å². The zero-order valence-corrected chi connectivity index (χ0v) is 10.5. The molecule has 1 nitrogen and oxygen atoms in total. The molecule has 11 heavy (non-hydrogen) atoms. The van der Waals surface area contributed by atoms with E-state index in [4.69, 9.17) is 4.43 Å². The SMILES string of the molecule is C=C[Si](C)(C)OC(C)[SiH](C)C. The summed E-state index contributed by atoms with van der Waals surface area (Å²) in [6.07, 6.45) is 0. The number of hydrogen-bond acceptors (Lipinski definition) is 1. The zero-order chi connectivity index (χ0) is 9.07. The van der Waals surface area contributed by atoms with E-state index in [1.807, 2.05) is 5.70 Å². The minimum atomic E-state index is -1.50. The maximum Gasteiger partial charge on any atom is 0.210 e. The Hall–Kier alpha value is 0.134. The molecule has 1 unspecified atom stereocenters. The van der Waals surface area contributed by atoms with Crippen molar-refractivity contribution in [3.05, 3.63) is 12.3 Å². The summed E-state index contributed by atoms with van der Waals surface area (Å²) < 4.78 is 5.93. The van der Waals surface area contributed by atoms with Crippen molar-refractivity contribution in [3.8, 4) is 0 Å². The van der Waals surface area contributed by atoms with Crippen LogP contribution in [0, 0.1) is 0 Å². The van der Waals surface area contributed by atoms with Crippen LogP contribution in [0.4, 0.5) is 0 Å². The summed E-state index contributed by atoms with van der Waals surface area (Å²) in [5.41, 5.74) is 2.50. The van der Waals surface area contributed by atoms with Gasteiger partial charge in [-0.1, -0.05) is 18.8 Å². The fraction of sp³-hybridized carbons (Fsp3) is 0.750. The van der Waals surface area contributed by atoms with Crippen molar-refractivity contribution >= 4 is 17.1 Å². The van der Waals surface area contributed by atoms with Crippen LogP contribution in [0.3, 0.4) is 0 Å². The van der Waals surface area contributed by atoms with E-state index in [0.717, 1.165) is 0 Å². The molecule has 0 aliphatic rings. The molecule has 0 saturated carbocycles. The van der Waals surface area contributed by atoms with Crippen LogP contribution in [0.25, 0.3) is 0 Å². The maximum absolute atomic E-state index is 5.93. The van der Waals surface area contributed by atoms with Gasteiger partial charge in [-0.25, -0.2) is 0 Å². The van der Waals surface area contributed by atoms with E-state index in [-0.39, 0.29) is 0 Å². The van der Waals surface area contributed by atoms with Gasteiger partial charge < -0.3 is 4.43 Å². The van der Waals surface area contributed by atoms with E-state index in [1.165, 1.54) is 0 Å². The normalized spacial score (nSPS) is 15.1. The highest BCUT2D eigenvalue weighted by atomic mass is 28.4. The number of rotatable bonds is 4. The molecular weight excluding hydrogens is 168 g/mol. The van der Waals surface area contributed by atoms with E-state index < -0.39 is 17.1 Å². The van der Waals surface area contributed by atoms with Crippen molar-refractivity contribution in [1.82, 2.24) is 0 Å². The first kappa shape index (κ1) is 11.1. The van der Waals surface area contributed by atoms with Crippen molar-refractivity contribution in [2.45, 2.75) is 38.8 Å². The van der Waals surface area contributed by atoms with Gasteiger partial charge >= 0.3 is 0 Å². The monoisotopic (exact) mass is 188 g/mol. The molecule has 0 radical (unpaired) electrons. The Balaban J connectivity index is 3.93. The molecule has 0 N–H and O–H groups in total. The molecule has 0 heterocycles. The van der Waals surface area contributed by atoms with Crippen molar-refractivity contribution in [2.24, 2.45) is 0 Å². The molecule has 0 fully saturated rings. The second-order valence-electron chi connectivity index (χ2n) is 3.87. The van der Waals surface area contributed by atoms with E-state index in [1.54, 1.807) is 0 Å². The third-order valence-electron chi connectivity index (χ3n) is 1.92. The smallest absolute Gasteiger partial charge is 0.210 e. The molecule has 1 atom stereocenters. The van der Waals surface area contributed by atoms with Crippen LogP contribution in [-0.4, -0.2) is 22.8 Å². The largest absolute Gasteiger partial charge is 0.414 e. The fourth-order valence-electron chi connectivity index (χ4n) is 0.663. The molecule has 0 bridgehead atoms. The third-order valence-corrected chi connectivity index (χ3v) is 6.17. The molecule has 0 aromatic heterocycles. The highest BCUT2D eigenvalue weighted by Gasteiger charge is 2.22. The highest BCUT2D eigenvalue weighted by Crippen LogP contribution is 2.10. The van der Waals surface area contributed by atoms with Crippen LogP contribution >= 0.6 is 0 Å². The van der Waals surface area contributed by atoms with Crippen molar-refractivity contribution in [2.75, 3.05) is 0 Å². The van der Waals surface area contributed by atoms with Crippen LogP contribution in [0.15, 0.2) is 12.3 Å². The molecule has 0 spiro atoms. The minimum absolute atomic E-state index is 0.495. The van der Waals surface area contributed by atoms with Crippen molar-refractivity contribution in [1.29, 1.82) is 0 Å². The van der Waals surface area contributed by atoms with Gasteiger partial charge in [0.2, 0.25) is 8.32 Å². The Morgan fingerprint density at radius 3 is 2.18 bits per heavy atom. The second kappa shape index (κ2) is 4.23. The third kappa shape index (κ3) is 4.55. The van der Waals surface area contributed by atoms with E-state index in [2.05, 4.69) is 39.7 Å². The topological polar surface area (TPSA) is 9.23 Å². The van der Waals surface area contributed by atoms with Gasteiger partial charge in [0.15, 0.2) is 0 Å². The first-order valence-corrected chi connectivity index (χ1v) is 10.2. The number of hydrogen-bond donors (Lipinski definition) is 0. The lowest BCUT2D eigenvalue weighted by molar-refractivity contribution is 0.290. The molecule has 0 aliphatic carbocycles. The van der Waals surface area contributed by atoms with Gasteiger partial charge in [-0.2, -0.15) is 0 Å². The molecule has 66 valence electrons. The van der Waals surface area contributed by atoms with Gasteiger partial charge in [-0.3, -0.25) is 0 Å². The van der Waals surface area contributed by atoms with Crippen LogP contribution in [-0.2, 0) is 4.43 Å². The van der Waals surface area contributed by atoms with E-state index >= 15 is 0 Å². The minimum Gasteiger partial charge on any atom is -0.414 e. The molecule has 0 aromatic carbocycles. The molecule has 0 aliphatic heterocycles. The summed E-state index contributed by atoms with van der Waals surface area (Å²) in [5, 5.41) is 0. The predicted octanol–water partition coefficient (Wildman–Crippen LogP) is 2.35. The second-order valence-corrected chi connectivity index (χ2v) is 11.2. The lowest BCUT2D eigenvalue weighted by Gasteiger charge is -2.26. The maximum atomic E-state index is 5.93. The first-order valence-electron chi connectivity index (χ1n) is 4.20. The van der Waals surface area contributed by atoms with Gasteiger partial charge in [-0.15, -0.1) is 6.58 Å². The molecular formula is C8H20OSi2. The van der Waals surface area contributed by atoms with Crippen molar-refractivity contribution < 1.29 is 4.43 Å². The van der Waals surface area contributed by atoms with Crippen LogP contribution in [0.5, 0.6) is 0 Å². The Labute approximate surface area is 73.2 Å². The lowest BCUT2D eigenvalue weighted by atomic mass is 10.9. The van der Waals surface area contributed by atoms with Crippen LogP contribution in [0.2, 0.25) is 26.2 Å². The highest BCUT2D eigenvalue weighted by molar-refractivity contribution is 6.77. The van der Waals surface area contributed by atoms with E-state index in [9.17, 15) is 0 Å². The summed E-state index contributed by atoms with van der Waals surface area (Å²) in [4.78, 5) is 0. The van der Waals surface area contributed by atoms with E-state index in [0.29, 0.717) is 5.73 Å². The summed E-state index contributed by atoms with van der Waals surface area (Å²) >= 11 is 0. The standard InChI is InChI=1S/C8H20OSi2/c1-7-11(5,6)9-8(2)10(3)4/h7-8,10H,1H2,2-6H3. The van der Waals surface area contributed by atoms with Crippen molar-refractivity contribution in [3.63, 3.8) is 0 Å². The van der Waals surface area contributed by atoms with Gasteiger partial charge in [0.25, 0.3) is 0 Å².